The molecule has 1 N–H and O–H groups in total. The molecule has 6 nitrogen and oxygen atoms in total. The average molecular weight is 424 g/mol. The SMILES string of the molecule is CCc1ccccc1NC(=O)CN1CCN(C(=O)COc2ccccc2C(C)C)CC1. The molecule has 0 aliphatic carbocycles. The highest BCUT2D eigenvalue weighted by Gasteiger charge is 2.23. The minimum absolute atomic E-state index is 0.0143. The zero-order chi connectivity index (χ0) is 22.2. The third-order valence-electron chi connectivity index (χ3n) is 5.66. The third kappa shape index (κ3) is 6.31. The highest BCUT2D eigenvalue weighted by Crippen LogP contribution is 2.25. The zero-order valence-corrected chi connectivity index (χ0v) is 18.8. The van der Waals surface area contributed by atoms with Crippen LogP contribution in [0.25, 0.3) is 0 Å². The number of para-hydroxylation sites is 2. The highest BCUT2D eigenvalue weighted by atomic mass is 16.5. The van der Waals surface area contributed by atoms with E-state index in [4.69, 9.17) is 4.74 Å². The first-order valence-electron chi connectivity index (χ1n) is 11.1. The second-order valence-corrected chi connectivity index (χ2v) is 8.20. The Hall–Kier alpha value is -2.86. The summed E-state index contributed by atoms with van der Waals surface area (Å²) in [5, 5.41) is 3.01. The van der Waals surface area contributed by atoms with E-state index in [9.17, 15) is 9.59 Å². The molecule has 2 amide bonds. The van der Waals surface area contributed by atoms with Crippen LogP contribution in [-0.4, -0.2) is 60.9 Å². The Balaban J connectivity index is 1.44. The van der Waals surface area contributed by atoms with Gasteiger partial charge in [-0.15, -0.1) is 0 Å². The van der Waals surface area contributed by atoms with Crippen LogP contribution in [-0.2, 0) is 16.0 Å². The van der Waals surface area contributed by atoms with E-state index >= 15 is 0 Å². The van der Waals surface area contributed by atoms with Crippen LogP contribution in [0.2, 0.25) is 0 Å². The standard InChI is InChI=1S/C25H33N3O3/c1-4-20-9-5-7-11-22(20)26-24(29)17-27-13-15-28(16-14-27)25(30)18-31-23-12-8-6-10-21(23)19(2)3/h5-12,19H,4,13-18H2,1-3H3,(H,26,29). The summed E-state index contributed by atoms with van der Waals surface area (Å²) >= 11 is 0. The van der Waals surface area contributed by atoms with Crippen LogP contribution in [0.4, 0.5) is 5.69 Å². The number of amides is 2. The number of benzene rings is 2. The largest absolute Gasteiger partial charge is 0.483 e. The van der Waals surface area contributed by atoms with Crippen LogP contribution in [0.1, 0.15) is 37.8 Å². The number of anilines is 1. The normalized spacial score (nSPS) is 14.5. The Morgan fingerprint density at radius 1 is 1.00 bits per heavy atom. The van der Waals surface area contributed by atoms with E-state index < -0.39 is 0 Å². The van der Waals surface area contributed by atoms with Crippen molar-refractivity contribution < 1.29 is 14.3 Å². The third-order valence-corrected chi connectivity index (χ3v) is 5.66. The van der Waals surface area contributed by atoms with E-state index in [0.29, 0.717) is 38.6 Å². The second kappa shape index (κ2) is 11.0. The number of rotatable bonds is 8. The Labute approximate surface area is 185 Å². The molecule has 1 heterocycles. The van der Waals surface area contributed by atoms with Gasteiger partial charge in [0.05, 0.1) is 6.54 Å². The zero-order valence-electron chi connectivity index (χ0n) is 18.8. The lowest BCUT2D eigenvalue weighted by Crippen LogP contribution is -2.51. The molecule has 0 atom stereocenters. The molecule has 1 aliphatic heterocycles. The number of carbonyl (C=O) groups is 2. The number of hydrogen-bond acceptors (Lipinski definition) is 4. The predicted molar refractivity (Wildman–Crippen MR) is 123 cm³/mol. The molecule has 6 heteroatoms. The molecule has 1 fully saturated rings. The number of carbonyl (C=O) groups excluding carboxylic acids is 2. The number of piperazine rings is 1. The van der Waals surface area contributed by atoms with Crippen molar-refractivity contribution in [2.45, 2.75) is 33.1 Å². The van der Waals surface area contributed by atoms with Crippen molar-refractivity contribution in [3.8, 4) is 5.75 Å². The average Bonchev–Trinajstić information content (AvgIpc) is 2.78. The first kappa shape index (κ1) is 22.8. The lowest BCUT2D eigenvalue weighted by molar-refractivity contribution is -0.135. The van der Waals surface area contributed by atoms with Gasteiger partial charge in [0, 0.05) is 31.9 Å². The van der Waals surface area contributed by atoms with Crippen LogP contribution >= 0.6 is 0 Å². The molecule has 2 aromatic carbocycles. The van der Waals surface area contributed by atoms with Crippen molar-refractivity contribution in [3.05, 3.63) is 59.7 Å². The monoisotopic (exact) mass is 423 g/mol. The van der Waals surface area contributed by atoms with Crippen molar-refractivity contribution in [2.75, 3.05) is 44.6 Å². The number of aryl methyl sites for hydroxylation is 1. The summed E-state index contributed by atoms with van der Waals surface area (Å²) in [5.41, 5.74) is 3.11. The summed E-state index contributed by atoms with van der Waals surface area (Å²) in [7, 11) is 0. The molecule has 1 saturated heterocycles. The summed E-state index contributed by atoms with van der Waals surface area (Å²) < 4.78 is 5.82. The van der Waals surface area contributed by atoms with Gasteiger partial charge in [-0.2, -0.15) is 0 Å². The molecule has 1 aliphatic rings. The van der Waals surface area contributed by atoms with Crippen molar-refractivity contribution in [2.24, 2.45) is 0 Å². The second-order valence-electron chi connectivity index (χ2n) is 8.20. The fourth-order valence-electron chi connectivity index (χ4n) is 3.82. The maximum Gasteiger partial charge on any atom is 0.260 e. The lowest BCUT2D eigenvalue weighted by atomic mass is 10.0. The van der Waals surface area contributed by atoms with Crippen LogP contribution in [0, 0.1) is 0 Å². The van der Waals surface area contributed by atoms with Gasteiger partial charge >= 0.3 is 0 Å². The van der Waals surface area contributed by atoms with Gasteiger partial charge in [0.25, 0.3) is 5.91 Å². The van der Waals surface area contributed by atoms with Gasteiger partial charge in [0.2, 0.25) is 5.91 Å². The van der Waals surface area contributed by atoms with Gasteiger partial charge in [-0.3, -0.25) is 14.5 Å². The molecule has 0 bridgehead atoms. The number of nitrogens with zero attached hydrogens (tertiary/aromatic N) is 2. The Morgan fingerprint density at radius 3 is 2.39 bits per heavy atom. The number of ether oxygens (including phenoxy) is 1. The summed E-state index contributed by atoms with van der Waals surface area (Å²) in [6.07, 6.45) is 0.876. The van der Waals surface area contributed by atoms with Crippen LogP contribution in [0.15, 0.2) is 48.5 Å². The van der Waals surface area contributed by atoms with Gasteiger partial charge in [0.15, 0.2) is 6.61 Å². The van der Waals surface area contributed by atoms with E-state index in [2.05, 4.69) is 31.0 Å². The summed E-state index contributed by atoms with van der Waals surface area (Å²) in [4.78, 5) is 29.0. The molecule has 0 aromatic heterocycles. The first-order chi connectivity index (χ1) is 15.0. The van der Waals surface area contributed by atoms with E-state index in [1.54, 1.807) is 0 Å². The molecular weight excluding hydrogens is 390 g/mol. The fourth-order valence-corrected chi connectivity index (χ4v) is 3.82. The lowest BCUT2D eigenvalue weighted by Gasteiger charge is -2.34. The molecule has 0 radical (unpaired) electrons. The minimum Gasteiger partial charge on any atom is -0.483 e. The van der Waals surface area contributed by atoms with E-state index in [1.165, 1.54) is 0 Å². The maximum absolute atomic E-state index is 12.6. The van der Waals surface area contributed by atoms with Crippen molar-refractivity contribution >= 4 is 17.5 Å². The molecule has 0 spiro atoms. The molecule has 0 unspecified atom stereocenters. The van der Waals surface area contributed by atoms with Gasteiger partial charge in [-0.1, -0.05) is 57.2 Å². The highest BCUT2D eigenvalue weighted by molar-refractivity contribution is 5.93. The Bertz CT molecular complexity index is 889. The van der Waals surface area contributed by atoms with Gasteiger partial charge in [0.1, 0.15) is 5.75 Å². The summed E-state index contributed by atoms with van der Waals surface area (Å²) in [6, 6.07) is 15.7. The molecular formula is C25H33N3O3. The number of hydrogen-bond donors (Lipinski definition) is 1. The molecule has 31 heavy (non-hydrogen) atoms. The van der Waals surface area contributed by atoms with E-state index in [-0.39, 0.29) is 18.4 Å². The maximum atomic E-state index is 12.6. The molecule has 3 rings (SSSR count). The van der Waals surface area contributed by atoms with Crippen LogP contribution in [0.3, 0.4) is 0 Å². The molecule has 0 saturated carbocycles. The number of nitrogens with one attached hydrogen (secondary N) is 1. The predicted octanol–water partition coefficient (Wildman–Crippen LogP) is 3.53. The topological polar surface area (TPSA) is 61.9 Å². The molecule has 166 valence electrons. The van der Waals surface area contributed by atoms with Crippen LogP contribution in [0.5, 0.6) is 5.75 Å². The minimum atomic E-state index is -0.0192. The van der Waals surface area contributed by atoms with Crippen molar-refractivity contribution in [1.82, 2.24) is 9.80 Å². The fraction of sp³-hybridized carbons (Fsp3) is 0.440. The van der Waals surface area contributed by atoms with Gasteiger partial charge in [-0.05, 0) is 35.6 Å². The summed E-state index contributed by atoms with van der Waals surface area (Å²) in [6.45, 7) is 9.23. The van der Waals surface area contributed by atoms with Crippen LogP contribution < -0.4 is 10.1 Å². The van der Waals surface area contributed by atoms with Crippen molar-refractivity contribution in [1.29, 1.82) is 0 Å². The Morgan fingerprint density at radius 2 is 1.68 bits per heavy atom. The van der Waals surface area contributed by atoms with E-state index in [1.807, 2.05) is 53.4 Å². The quantitative estimate of drug-likeness (QED) is 0.706. The van der Waals surface area contributed by atoms with Crippen molar-refractivity contribution in [3.63, 3.8) is 0 Å². The summed E-state index contributed by atoms with van der Waals surface area (Å²) in [5.74, 6) is 1.08. The Kier molecular flexibility index (Phi) is 8.06. The van der Waals surface area contributed by atoms with E-state index in [0.717, 1.165) is 29.0 Å². The van der Waals surface area contributed by atoms with Gasteiger partial charge in [-0.25, -0.2) is 0 Å². The smallest absolute Gasteiger partial charge is 0.260 e. The first-order valence-corrected chi connectivity index (χ1v) is 11.1. The molecule has 2 aromatic rings. The van der Waals surface area contributed by atoms with Gasteiger partial charge < -0.3 is 15.0 Å².